The lowest BCUT2D eigenvalue weighted by atomic mass is 9.93. The lowest BCUT2D eigenvalue weighted by molar-refractivity contribution is -0.0290. The van der Waals surface area contributed by atoms with Crippen LogP contribution in [0.5, 0.6) is 23.0 Å². The number of methoxy groups -OCH3 is 2. The highest BCUT2D eigenvalue weighted by Crippen LogP contribution is 2.44. The van der Waals surface area contributed by atoms with E-state index in [4.69, 9.17) is 23.7 Å². The Hall–Kier alpha value is -3.56. The Morgan fingerprint density at radius 2 is 1.39 bits per heavy atom. The number of benzene rings is 4. The summed E-state index contributed by atoms with van der Waals surface area (Å²) >= 11 is 2.21. The summed E-state index contributed by atoms with van der Waals surface area (Å²) in [6.07, 6.45) is -1.59. The quantitative estimate of drug-likeness (QED) is 0.192. The first kappa shape index (κ1) is 26.1. The fraction of sp³-hybridized carbons (Fsp3) is 0.194. The van der Waals surface area contributed by atoms with Gasteiger partial charge in [-0.1, -0.05) is 60.7 Å². The summed E-state index contributed by atoms with van der Waals surface area (Å²) in [4.78, 5) is 13.7. The Morgan fingerprint density at radius 3 is 2.00 bits per heavy atom. The number of ether oxygens (including phenoxy) is 5. The van der Waals surface area contributed by atoms with Crippen molar-refractivity contribution in [2.45, 2.75) is 25.4 Å². The van der Waals surface area contributed by atoms with Gasteiger partial charge in [0.2, 0.25) is 5.75 Å². The van der Waals surface area contributed by atoms with Crippen LogP contribution in [0, 0.1) is 3.57 Å². The molecule has 0 saturated heterocycles. The van der Waals surface area contributed by atoms with E-state index >= 15 is 0 Å². The number of fused-ring (bicyclic) bond motifs is 1. The van der Waals surface area contributed by atoms with Gasteiger partial charge in [-0.2, -0.15) is 0 Å². The maximum atomic E-state index is 13.7. The molecule has 0 spiro atoms. The molecule has 2 unspecified atom stereocenters. The summed E-state index contributed by atoms with van der Waals surface area (Å²) in [6.45, 7) is 0.614. The van der Waals surface area contributed by atoms with Crippen molar-refractivity contribution in [3.8, 4) is 23.0 Å². The first-order valence-corrected chi connectivity index (χ1v) is 13.2. The van der Waals surface area contributed by atoms with Crippen LogP contribution in [0.3, 0.4) is 0 Å². The van der Waals surface area contributed by atoms with Gasteiger partial charge in [0.1, 0.15) is 12.4 Å². The summed E-state index contributed by atoms with van der Waals surface area (Å²) in [7, 11) is 3.14. The highest BCUT2D eigenvalue weighted by molar-refractivity contribution is 14.1. The maximum absolute atomic E-state index is 13.7. The van der Waals surface area contributed by atoms with Gasteiger partial charge in [0.25, 0.3) is 0 Å². The van der Waals surface area contributed by atoms with Crippen LogP contribution >= 0.6 is 22.6 Å². The van der Waals surface area contributed by atoms with Crippen LogP contribution in [0.15, 0.2) is 91.0 Å². The van der Waals surface area contributed by atoms with Crippen LogP contribution in [0.2, 0.25) is 0 Å². The van der Waals surface area contributed by atoms with Crippen LogP contribution in [0.4, 0.5) is 0 Å². The van der Waals surface area contributed by atoms with E-state index < -0.39 is 12.2 Å². The molecule has 0 saturated carbocycles. The zero-order valence-electron chi connectivity index (χ0n) is 21.1. The molecule has 0 N–H and O–H groups in total. The molecule has 0 bridgehead atoms. The van der Waals surface area contributed by atoms with Crippen molar-refractivity contribution in [3.63, 3.8) is 0 Å². The number of rotatable bonds is 9. The molecule has 38 heavy (non-hydrogen) atoms. The molecule has 4 aromatic rings. The molecule has 1 aliphatic rings. The minimum Gasteiger partial charge on any atom is -0.493 e. The molecular formula is C31H27IO6. The van der Waals surface area contributed by atoms with E-state index in [9.17, 15) is 4.79 Å². The summed E-state index contributed by atoms with van der Waals surface area (Å²) in [6, 6.07) is 28.8. The second-order valence-corrected chi connectivity index (χ2v) is 10.0. The second-order valence-electron chi connectivity index (χ2n) is 8.79. The van der Waals surface area contributed by atoms with Crippen molar-refractivity contribution in [2.75, 3.05) is 14.2 Å². The average Bonchev–Trinajstić information content (AvgIpc) is 2.96. The molecule has 0 radical (unpaired) electrons. The number of halogens is 1. The highest BCUT2D eigenvalue weighted by atomic mass is 127. The number of carbonyl (C=O) groups excluding carboxylic acids is 1. The van der Waals surface area contributed by atoms with Crippen molar-refractivity contribution in [2.24, 2.45) is 0 Å². The molecule has 0 aromatic heterocycles. The Labute approximate surface area is 235 Å². The van der Waals surface area contributed by atoms with Gasteiger partial charge < -0.3 is 23.7 Å². The zero-order chi connectivity index (χ0) is 26.5. The van der Waals surface area contributed by atoms with E-state index in [-0.39, 0.29) is 12.4 Å². The van der Waals surface area contributed by atoms with Gasteiger partial charge >= 0.3 is 0 Å². The SMILES string of the molecule is COc1cc(C2Oc3cc(I)ccc3C(=O)C2OCc2ccccc2)cc(OC)c1OCc1ccccc1. The van der Waals surface area contributed by atoms with Gasteiger partial charge in [0.15, 0.2) is 29.5 Å². The third kappa shape index (κ3) is 5.63. The standard InChI is InChI=1S/C31H27IO6/c1-34-26-15-22(16-27(35-2)30(26)36-18-20-9-5-3-6-10-20)29-31(37-19-21-11-7-4-8-12-21)28(33)24-14-13-23(32)17-25(24)38-29/h3-17,29,31H,18-19H2,1-2H3. The molecule has 2 atom stereocenters. The van der Waals surface area contributed by atoms with Gasteiger partial charge in [0, 0.05) is 9.13 Å². The van der Waals surface area contributed by atoms with E-state index in [0.717, 1.165) is 14.7 Å². The molecule has 5 rings (SSSR count). The maximum Gasteiger partial charge on any atom is 0.203 e. The normalized spacial score (nSPS) is 16.3. The van der Waals surface area contributed by atoms with Gasteiger partial charge in [-0.15, -0.1) is 0 Å². The molecule has 194 valence electrons. The summed E-state index contributed by atoms with van der Waals surface area (Å²) in [5.41, 5.74) is 3.16. The van der Waals surface area contributed by atoms with Crippen molar-refractivity contribution in [3.05, 3.63) is 117 Å². The van der Waals surface area contributed by atoms with Gasteiger partial charge in [-0.25, -0.2) is 0 Å². The van der Waals surface area contributed by atoms with Gasteiger partial charge in [-0.05, 0) is 64.0 Å². The number of ketones is 1. The predicted octanol–water partition coefficient (Wildman–Crippen LogP) is 6.79. The van der Waals surface area contributed by atoms with Crippen LogP contribution in [-0.2, 0) is 18.0 Å². The highest BCUT2D eigenvalue weighted by Gasteiger charge is 2.40. The minimum atomic E-state index is -0.867. The molecule has 1 heterocycles. The smallest absolute Gasteiger partial charge is 0.203 e. The summed E-state index contributed by atoms with van der Waals surface area (Å²) in [5.74, 6) is 1.81. The lowest BCUT2D eigenvalue weighted by Crippen LogP contribution is -2.38. The first-order chi connectivity index (χ1) is 18.6. The van der Waals surface area contributed by atoms with Crippen LogP contribution < -0.4 is 18.9 Å². The van der Waals surface area contributed by atoms with Crippen LogP contribution in [0.25, 0.3) is 0 Å². The molecule has 1 aliphatic heterocycles. The van der Waals surface area contributed by atoms with Gasteiger partial charge in [0.05, 0.1) is 26.4 Å². The molecular weight excluding hydrogens is 595 g/mol. The second kappa shape index (κ2) is 11.9. The van der Waals surface area contributed by atoms with Crippen LogP contribution in [-0.4, -0.2) is 26.1 Å². The average molecular weight is 622 g/mol. The number of Topliss-reactive ketones (excluding diaryl/α,β-unsaturated/α-hetero) is 1. The third-order valence-electron chi connectivity index (χ3n) is 6.31. The predicted molar refractivity (Wildman–Crippen MR) is 152 cm³/mol. The van der Waals surface area contributed by atoms with E-state index in [0.29, 0.717) is 40.7 Å². The number of hydrogen-bond acceptors (Lipinski definition) is 6. The molecule has 0 amide bonds. The van der Waals surface area contributed by atoms with Crippen molar-refractivity contribution >= 4 is 28.4 Å². The van der Waals surface area contributed by atoms with Crippen molar-refractivity contribution < 1.29 is 28.5 Å². The van der Waals surface area contributed by atoms with Crippen molar-refractivity contribution in [1.29, 1.82) is 0 Å². The largest absolute Gasteiger partial charge is 0.493 e. The van der Waals surface area contributed by atoms with Crippen LogP contribution in [0.1, 0.15) is 33.2 Å². The Kier molecular flexibility index (Phi) is 8.14. The first-order valence-electron chi connectivity index (χ1n) is 12.2. The third-order valence-corrected chi connectivity index (χ3v) is 6.98. The van der Waals surface area contributed by atoms with E-state index in [1.165, 1.54) is 0 Å². The Bertz CT molecular complexity index is 1380. The molecule has 0 aliphatic carbocycles. The topological polar surface area (TPSA) is 63.2 Å². The van der Waals surface area contributed by atoms with Gasteiger partial charge in [-0.3, -0.25) is 4.79 Å². The number of hydrogen-bond donors (Lipinski definition) is 0. The Morgan fingerprint density at radius 1 is 0.789 bits per heavy atom. The number of carbonyl (C=O) groups is 1. The molecule has 4 aromatic carbocycles. The fourth-order valence-electron chi connectivity index (χ4n) is 4.39. The summed E-state index contributed by atoms with van der Waals surface area (Å²) < 4.78 is 31.1. The Balaban J connectivity index is 1.50. The van der Waals surface area contributed by atoms with Crippen molar-refractivity contribution in [1.82, 2.24) is 0 Å². The minimum absolute atomic E-state index is 0.133. The van der Waals surface area contributed by atoms with E-state index in [1.807, 2.05) is 84.9 Å². The summed E-state index contributed by atoms with van der Waals surface area (Å²) in [5, 5.41) is 0. The van der Waals surface area contributed by atoms with E-state index in [1.54, 1.807) is 20.3 Å². The molecule has 7 heteroatoms. The lowest BCUT2D eigenvalue weighted by Gasteiger charge is -2.33. The monoisotopic (exact) mass is 622 g/mol. The zero-order valence-corrected chi connectivity index (χ0v) is 23.2. The fourth-order valence-corrected chi connectivity index (χ4v) is 4.85. The molecule has 6 nitrogen and oxygen atoms in total. The molecule has 0 fully saturated rings. The van der Waals surface area contributed by atoms with E-state index in [2.05, 4.69) is 22.6 Å².